The van der Waals surface area contributed by atoms with E-state index >= 15 is 0 Å². The molecule has 3 aromatic rings. The van der Waals surface area contributed by atoms with Crippen LogP contribution in [0.3, 0.4) is 0 Å². The minimum absolute atomic E-state index is 0.337. The quantitative estimate of drug-likeness (QED) is 0.723. The third-order valence-electron chi connectivity index (χ3n) is 3.67. The van der Waals surface area contributed by atoms with Gasteiger partial charge in [0.2, 0.25) is 0 Å². The molecule has 0 aliphatic rings. The summed E-state index contributed by atoms with van der Waals surface area (Å²) in [5, 5.41) is 11.4. The van der Waals surface area contributed by atoms with E-state index < -0.39 is 0 Å². The monoisotopic (exact) mass is 311 g/mol. The fourth-order valence-corrected chi connectivity index (χ4v) is 3.64. The van der Waals surface area contributed by atoms with Crippen LogP contribution < -0.4 is 4.74 Å². The van der Waals surface area contributed by atoms with E-state index in [2.05, 4.69) is 29.7 Å². The zero-order chi connectivity index (χ0) is 15.7. The number of fused-ring (bicyclic) bond motifs is 1. The highest BCUT2D eigenvalue weighted by atomic mass is 32.1. The molecule has 22 heavy (non-hydrogen) atoms. The molecule has 0 N–H and O–H groups in total. The first-order chi connectivity index (χ1) is 10.7. The van der Waals surface area contributed by atoms with E-state index in [9.17, 15) is 5.26 Å². The van der Waals surface area contributed by atoms with Crippen LogP contribution in [0.5, 0.6) is 5.75 Å². The van der Waals surface area contributed by atoms with Gasteiger partial charge < -0.3 is 4.74 Å². The Hall–Kier alpha value is -2.32. The zero-order valence-electron chi connectivity index (χ0n) is 12.8. The van der Waals surface area contributed by atoms with Crippen molar-refractivity contribution in [3.63, 3.8) is 0 Å². The Bertz CT molecular complexity index is 855. The lowest BCUT2D eigenvalue weighted by atomic mass is 10.1. The Labute approximate surface area is 133 Å². The van der Waals surface area contributed by atoms with Crippen molar-refractivity contribution in [3.8, 4) is 23.1 Å². The molecule has 112 valence electrons. The molecule has 0 spiro atoms. The van der Waals surface area contributed by atoms with Crippen molar-refractivity contribution in [2.45, 2.75) is 26.2 Å². The van der Waals surface area contributed by atoms with E-state index in [-0.39, 0.29) is 0 Å². The molecule has 0 atom stereocenters. The molecule has 3 rings (SSSR count). The highest BCUT2D eigenvalue weighted by Gasteiger charge is 2.19. The summed E-state index contributed by atoms with van der Waals surface area (Å²) in [7, 11) is 1.65. The van der Waals surface area contributed by atoms with Gasteiger partial charge in [0.1, 0.15) is 5.75 Å². The van der Waals surface area contributed by atoms with E-state index in [0.29, 0.717) is 12.3 Å². The predicted molar refractivity (Wildman–Crippen MR) is 88.5 cm³/mol. The van der Waals surface area contributed by atoms with Crippen molar-refractivity contribution in [1.29, 1.82) is 5.26 Å². The minimum Gasteiger partial charge on any atom is -0.497 e. The summed E-state index contributed by atoms with van der Waals surface area (Å²) >= 11 is 1.62. The van der Waals surface area contributed by atoms with Crippen molar-refractivity contribution in [2.24, 2.45) is 0 Å². The summed E-state index contributed by atoms with van der Waals surface area (Å²) in [5.41, 5.74) is 4.01. The molecule has 0 bridgehead atoms. The average molecular weight is 311 g/mol. The maximum absolute atomic E-state index is 9.22. The normalized spacial score (nSPS) is 11.0. The van der Waals surface area contributed by atoms with Crippen LogP contribution in [-0.2, 0) is 6.42 Å². The number of imidazole rings is 1. The lowest BCUT2D eigenvalue weighted by molar-refractivity contribution is 0.415. The van der Waals surface area contributed by atoms with Crippen LogP contribution in [0.4, 0.5) is 0 Å². The van der Waals surface area contributed by atoms with Gasteiger partial charge in [0.05, 0.1) is 31.0 Å². The standard InChI is InChI=1S/C17H17N3OS/c1-11(2)15-10-22-17-19-16(14(7-8-18)20(15)17)12-5-4-6-13(9-12)21-3/h4-6,9-11H,7H2,1-3H3. The molecule has 2 aromatic heterocycles. The van der Waals surface area contributed by atoms with Gasteiger partial charge in [-0.15, -0.1) is 11.3 Å². The Morgan fingerprint density at radius 3 is 2.91 bits per heavy atom. The molecule has 5 heteroatoms. The van der Waals surface area contributed by atoms with Gasteiger partial charge in [-0.3, -0.25) is 4.40 Å². The molecule has 0 radical (unpaired) electrons. The van der Waals surface area contributed by atoms with Crippen LogP contribution in [0.1, 0.15) is 31.2 Å². The summed E-state index contributed by atoms with van der Waals surface area (Å²) in [4.78, 5) is 5.69. The van der Waals surface area contributed by atoms with Crippen LogP contribution in [0.15, 0.2) is 29.6 Å². The Morgan fingerprint density at radius 1 is 1.41 bits per heavy atom. The second-order valence-corrected chi connectivity index (χ2v) is 6.24. The average Bonchev–Trinajstić information content (AvgIpc) is 3.08. The molecular weight excluding hydrogens is 294 g/mol. The van der Waals surface area contributed by atoms with E-state index in [4.69, 9.17) is 9.72 Å². The third kappa shape index (κ3) is 2.36. The maximum Gasteiger partial charge on any atom is 0.194 e. The number of thiazole rings is 1. The van der Waals surface area contributed by atoms with Crippen LogP contribution in [0.2, 0.25) is 0 Å². The highest BCUT2D eigenvalue weighted by Crippen LogP contribution is 2.32. The number of hydrogen-bond acceptors (Lipinski definition) is 4. The first-order valence-corrected chi connectivity index (χ1v) is 8.03. The van der Waals surface area contributed by atoms with Gasteiger partial charge in [0.15, 0.2) is 4.96 Å². The summed E-state index contributed by atoms with van der Waals surface area (Å²) in [5.74, 6) is 1.18. The fraction of sp³-hybridized carbons (Fsp3) is 0.294. The van der Waals surface area contributed by atoms with Crippen LogP contribution in [0.25, 0.3) is 16.2 Å². The summed E-state index contributed by atoms with van der Waals surface area (Å²) in [6, 6.07) is 10.1. The highest BCUT2D eigenvalue weighted by molar-refractivity contribution is 7.15. The lowest BCUT2D eigenvalue weighted by Gasteiger charge is -2.07. The number of aromatic nitrogens is 2. The molecule has 0 amide bonds. The van der Waals surface area contributed by atoms with Crippen molar-refractivity contribution >= 4 is 16.3 Å². The van der Waals surface area contributed by atoms with Gasteiger partial charge in [-0.25, -0.2) is 4.98 Å². The molecule has 0 unspecified atom stereocenters. The smallest absolute Gasteiger partial charge is 0.194 e. The van der Waals surface area contributed by atoms with Gasteiger partial charge in [-0.2, -0.15) is 5.26 Å². The van der Waals surface area contributed by atoms with Gasteiger partial charge in [0, 0.05) is 16.6 Å². The van der Waals surface area contributed by atoms with Crippen molar-refractivity contribution in [3.05, 3.63) is 41.0 Å². The van der Waals surface area contributed by atoms with Gasteiger partial charge >= 0.3 is 0 Å². The summed E-state index contributed by atoms with van der Waals surface area (Å²) < 4.78 is 7.43. The number of benzene rings is 1. The van der Waals surface area contributed by atoms with Crippen molar-refractivity contribution < 1.29 is 4.74 Å². The van der Waals surface area contributed by atoms with Gasteiger partial charge in [-0.1, -0.05) is 26.0 Å². The lowest BCUT2D eigenvalue weighted by Crippen LogP contribution is -1.99. The van der Waals surface area contributed by atoms with E-state index in [1.807, 2.05) is 24.3 Å². The second-order valence-electron chi connectivity index (χ2n) is 5.41. The molecule has 0 saturated heterocycles. The van der Waals surface area contributed by atoms with E-state index in [0.717, 1.165) is 27.7 Å². The largest absolute Gasteiger partial charge is 0.497 e. The maximum atomic E-state index is 9.22. The first-order valence-electron chi connectivity index (χ1n) is 7.15. The molecule has 4 nitrogen and oxygen atoms in total. The Kier molecular flexibility index (Phi) is 3.86. The molecule has 0 aliphatic heterocycles. The molecule has 2 heterocycles. The van der Waals surface area contributed by atoms with Crippen molar-refractivity contribution in [2.75, 3.05) is 7.11 Å². The number of hydrogen-bond donors (Lipinski definition) is 0. The molecule has 0 fully saturated rings. The number of methoxy groups -OCH3 is 1. The molecular formula is C17H17N3OS. The Morgan fingerprint density at radius 2 is 2.23 bits per heavy atom. The predicted octanol–water partition coefficient (Wildman–Crippen LogP) is 4.26. The third-order valence-corrected chi connectivity index (χ3v) is 4.51. The van der Waals surface area contributed by atoms with Gasteiger partial charge in [0.25, 0.3) is 0 Å². The zero-order valence-corrected chi connectivity index (χ0v) is 13.6. The minimum atomic E-state index is 0.337. The van der Waals surface area contributed by atoms with E-state index in [1.54, 1.807) is 18.4 Å². The van der Waals surface area contributed by atoms with Crippen LogP contribution >= 0.6 is 11.3 Å². The van der Waals surface area contributed by atoms with Crippen molar-refractivity contribution in [1.82, 2.24) is 9.38 Å². The summed E-state index contributed by atoms with van der Waals surface area (Å²) in [6.45, 7) is 4.31. The fourth-order valence-electron chi connectivity index (χ4n) is 2.58. The number of nitrogens with zero attached hydrogens (tertiary/aromatic N) is 3. The second kappa shape index (κ2) is 5.82. The first kappa shape index (κ1) is 14.6. The van der Waals surface area contributed by atoms with Crippen LogP contribution in [0, 0.1) is 11.3 Å². The number of rotatable bonds is 4. The van der Waals surface area contributed by atoms with Gasteiger partial charge in [-0.05, 0) is 18.1 Å². The van der Waals surface area contributed by atoms with E-state index in [1.165, 1.54) is 5.69 Å². The number of ether oxygens (including phenoxy) is 1. The topological polar surface area (TPSA) is 50.3 Å². The Balaban J connectivity index is 2.25. The number of nitriles is 1. The summed E-state index contributed by atoms with van der Waals surface area (Å²) in [6.07, 6.45) is 0.337. The SMILES string of the molecule is COc1cccc(-c2nc3scc(C(C)C)n3c2CC#N)c1. The molecule has 0 saturated carbocycles. The molecule has 1 aromatic carbocycles. The van der Waals surface area contributed by atoms with Crippen LogP contribution in [-0.4, -0.2) is 16.5 Å². The molecule has 0 aliphatic carbocycles.